The van der Waals surface area contributed by atoms with Crippen molar-refractivity contribution in [1.82, 2.24) is 4.90 Å². The molecular weight excluding hydrogens is 212 g/mol. The molecule has 2 heterocycles. The molecule has 0 spiro atoms. The van der Waals surface area contributed by atoms with Gasteiger partial charge in [0.1, 0.15) is 0 Å². The van der Waals surface area contributed by atoms with E-state index in [9.17, 15) is 0 Å². The second-order valence-electron chi connectivity index (χ2n) is 5.05. The first-order chi connectivity index (χ1) is 8.33. The third-order valence-corrected chi connectivity index (χ3v) is 3.85. The van der Waals surface area contributed by atoms with Gasteiger partial charge in [-0.3, -0.25) is 4.90 Å². The molecule has 0 bridgehead atoms. The molecule has 1 aromatic carbocycles. The van der Waals surface area contributed by atoms with E-state index in [0.29, 0.717) is 6.04 Å². The molecule has 0 radical (unpaired) electrons. The standard InChI is InChI=1S/C14H20N2O/c1-12-2-4-13(5-3-12)15-6-8-16(9-7-15)14-10-17-11-14/h2-5,14H,6-11H2,1H3. The summed E-state index contributed by atoms with van der Waals surface area (Å²) < 4.78 is 5.26. The molecule has 92 valence electrons. The Morgan fingerprint density at radius 2 is 1.65 bits per heavy atom. The SMILES string of the molecule is Cc1ccc(N2CCN(C3COC3)CC2)cc1. The number of rotatable bonds is 2. The molecule has 2 aliphatic rings. The zero-order valence-electron chi connectivity index (χ0n) is 10.4. The van der Waals surface area contributed by atoms with Crippen LogP contribution in [0.15, 0.2) is 24.3 Å². The number of hydrogen-bond acceptors (Lipinski definition) is 3. The minimum absolute atomic E-state index is 0.690. The van der Waals surface area contributed by atoms with Crippen LogP contribution in [0, 0.1) is 6.92 Å². The van der Waals surface area contributed by atoms with E-state index in [1.54, 1.807) is 0 Å². The Kier molecular flexibility index (Phi) is 3.04. The van der Waals surface area contributed by atoms with Gasteiger partial charge in [0.05, 0.1) is 19.3 Å². The molecule has 1 aromatic rings. The van der Waals surface area contributed by atoms with Crippen LogP contribution in [-0.2, 0) is 4.74 Å². The molecule has 0 aromatic heterocycles. The van der Waals surface area contributed by atoms with Gasteiger partial charge in [-0.15, -0.1) is 0 Å². The minimum atomic E-state index is 0.690. The van der Waals surface area contributed by atoms with Gasteiger partial charge in [-0.1, -0.05) is 17.7 Å². The summed E-state index contributed by atoms with van der Waals surface area (Å²) in [5.74, 6) is 0. The van der Waals surface area contributed by atoms with Crippen LogP contribution in [0.1, 0.15) is 5.56 Å². The molecule has 17 heavy (non-hydrogen) atoms. The molecule has 0 atom stereocenters. The van der Waals surface area contributed by atoms with Crippen molar-refractivity contribution in [2.24, 2.45) is 0 Å². The predicted octanol–water partition coefficient (Wildman–Crippen LogP) is 1.52. The predicted molar refractivity (Wildman–Crippen MR) is 69.6 cm³/mol. The molecule has 3 nitrogen and oxygen atoms in total. The van der Waals surface area contributed by atoms with E-state index in [-0.39, 0.29) is 0 Å². The fraction of sp³-hybridized carbons (Fsp3) is 0.571. The number of benzene rings is 1. The maximum Gasteiger partial charge on any atom is 0.0645 e. The topological polar surface area (TPSA) is 15.7 Å². The van der Waals surface area contributed by atoms with Gasteiger partial charge in [-0.05, 0) is 19.1 Å². The highest BCUT2D eigenvalue weighted by Crippen LogP contribution is 2.19. The van der Waals surface area contributed by atoms with Gasteiger partial charge in [0.2, 0.25) is 0 Å². The number of hydrogen-bond donors (Lipinski definition) is 0. The normalized spacial score (nSPS) is 22.5. The van der Waals surface area contributed by atoms with E-state index < -0.39 is 0 Å². The Bertz CT molecular complexity index is 364. The first-order valence-corrected chi connectivity index (χ1v) is 6.46. The highest BCUT2D eigenvalue weighted by atomic mass is 16.5. The van der Waals surface area contributed by atoms with Crippen LogP contribution in [0.5, 0.6) is 0 Å². The zero-order valence-corrected chi connectivity index (χ0v) is 10.4. The summed E-state index contributed by atoms with van der Waals surface area (Å²) >= 11 is 0. The number of nitrogens with zero attached hydrogens (tertiary/aromatic N) is 2. The van der Waals surface area contributed by atoms with Crippen molar-refractivity contribution in [2.45, 2.75) is 13.0 Å². The van der Waals surface area contributed by atoms with Gasteiger partial charge >= 0.3 is 0 Å². The summed E-state index contributed by atoms with van der Waals surface area (Å²) in [5, 5.41) is 0. The molecular formula is C14H20N2O. The van der Waals surface area contributed by atoms with Gasteiger partial charge in [-0.25, -0.2) is 0 Å². The number of aryl methyl sites for hydroxylation is 1. The molecule has 2 aliphatic heterocycles. The lowest BCUT2D eigenvalue weighted by molar-refractivity contribution is -0.0660. The monoisotopic (exact) mass is 232 g/mol. The van der Waals surface area contributed by atoms with Gasteiger partial charge in [0.25, 0.3) is 0 Å². The number of anilines is 1. The lowest BCUT2D eigenvalue weighted by atomic mass is 10.1. The van der Waals surface area contributed by atoms with E-state index in [1.165, 1.54) is 24.3 Å². The van der Waals surface area contributed by atoms with Gasteiger partial charge in [0, 0.05) is 31.9 Å². The van der Waals surface area contributed by atoms with Crippen LogP contribution < -0.4 is 4.90 Å². The van der Waals surface area contributed by atoms with Crippen LogP contribution in [0.25, 0.3) is 0 Å². The van der Waals surface area contributed by atoms with Crippen molar-refractivity contribution in [2.75, 3.05) is 44.3 Å². The fourth-order valence-electron chi connectivity index (χ4n) is 2.53. The molecule has 3 rings (SSSR count). The third-order valence-electron chi connectivity index (χ3n) is 3.85. The summed E-state index contributed by atoms with van der Waals surface area (Å²) in [6.45, 7) is 8.62. The van der Waals surface area contributed by atoms with Crippen molar-refractivity contribution in [3.05, 3.63) is 29.8 Å². The molecule has 0 N–H and O–H groups in total. The van der Waals surface area contributed by atoms with Crippen LogP contribution in [-0.4, -0.2) is 50.3 Å². The quantitative estimate of drug-likeness (QED) is 0.769. The first kappa shape index (κ1) is 11.1. The zero-order chi connectivity index (χ0) is 11.7. The van der Waals surface area contributed by atoms with E-state index in [0.717, 1.165) is 26.3 Å². The summed E-state index contributed by atoms with van der Waals surface area (Å²) in [6.07, 6.45) is 0. The van der Waals surface area contributed by atoms with Crippen LogP contribution in [0.2, 0.25) is 0 Å². The average Bonchev–Trinajstić information content (AvgIpc) is 2.29. The Labute approximate surface area is 103 Å². The smallest absolute Gasteiger partial charge is 0.0645 e. The van der Waals surface area contributed by atoms with Gasteiger partial charge < -0.3 is 9.64 Å². The molecule has 2 fully saturated rings. The Morgan fingerprint density at radius 3 is 2.18 bits per heavy atom. The molecule has 0 unspecified atom stereocenters. The lowest BCUT2D eigenvalue weighted by Crippen LogP contribution is -2.56. The van der Waals surface area contributed by atoms with E-state index in [1.807, 2.05) is 0 Å². The van der Waals surface area contributed by atoms with Crippen LogP contribution >= 0.6 is 0 Å². The highest BCUT2D eigenvalue weighted by Gasteiger charge is 2.28. The molecule has 0 aliphatic carbocycles. The van der Waals surface area contributed by atoms with Gasteiger partial charge in [-0.2, -0.15) is 0 Å². The van der Waals surface area contributed by atoms with Crippen molar-refractivity contribution < 1.29 is 4.74 Å². The summed E-state index contributed by atoms with van der Waals surface area (Å²) in [4.78, 5) is 5.05. The molecule has 0 amide bonds. The van der Waals surface area contributed by atoms with Crippen molar-refractivity contribution in [3.8, 4) is 0 Å². The number of piperazine rings is 1. The Hall–Kier alpha value is -1.06. The molecule has 3 heteroatoms. The van der Waals surface area contributed by atoms with E-state index >= 15 is 0 Å². The first-order valence-electron chi connectivity index (χ1n) is 6.46. The van der Waals surface area contributed by atoms with Crippen molar-refractivity contribution >= 4 is 5.69 Å². The Balaban J connectivity index is 1.58. The molecule has 0 saturated carbocycles. The van der Waals surface area contributed by atoms with E-state index in [2.05, 4.69) is 41.0 Å². The second-order valence-corrected chi connectivity index (χ2v) is 5.05. The van der Waals surface area contributed by atoms with Crippen molar-refractivity contribution in [3.63, 3.8) is 0 Å². The maximum atomic E-state index is 5.26. The second kappa shape index (κ2) is 4.67. The van der Waals surface area contributed by atoms with Gasteiger partial charge in [0.15, 0.2) is 0 Å². The van der Waals surface area contributed by atoms with Crippen LogP contribution in [0.3, 0.4) is 0 Å². The Morgan fingerprint density at radius 1 is 1.00 bits per heavy atom. The fourth-order valence-corrected chi connectivity index (χ4v) is 2.53. The lowest BCUT2D eigenvalue weighted by Gasteiger charge is -2.43. The van der Waals surface area contributed by atoms with Crippen LogP contribution in [0.4, 0.5) is 5.69 Å². The summed E-state index contributed by atoms with van der Waals surface area (Å²) in [7, 11) is 0. The van der Waals surface area contributed by atoms with E-state index in [4.69, 9.17) is 4.74 Å². The van der Waals surface area contributed by atoms with Crippen molar-refractivity contribution in [1.29, 1.82) is 0 Å². The maximum absolute atomic E-state index is 5.26. The average molecular weight is 232 g/mol. The molecule has 2 saturated heterocycles. The third kappa shape index (κ3) is 2.31. The highest BCUT2D eigenvalue weighted by molar-refractivity contribution is 5.47. The minimum Gasteiger partial charge on any atom is -0.378 e. The number of ether oxygens (including phenoxy) is 1. The summed E-state index contributed by atoms with van der Waals surface area (Å²) in [6, 6.07) is 9.55. The largest absolute Gasteiger partial charge is 0.378 e. The summed E-state index contributed by atoms with van der Waals surface area (Å²) in [5.41, 5.74) is 2.69.